The van der Waals surface area contributed by atoms with Crippen molar-refractivity contribution < 1.29 is 0 Å². The van der Waals surface area contributed by atoms with Crippen molar-refractivity contribution >= 4 is 95.7 Å². The summed E-state index contributed by atoms with van der Waals surface area (Å²) >= 11 is 3.63. The number of hydrogen-bond acceptors (Lipinski definition) is 4. The van der Waals surface area contributed by atoms with Crippen LogP contribution in [-0.2, 0) is 0 Å². The Morgan fingerprint density at radius 3 is 1.93 bits per heavy atom. The zero-order chi connectivity index (χ0) is 40.0. The van der Waals surface area contributed by atoms with Gasteiger partial charge in [0.1, 0.15) is 0 Å². The molecule has 13 aromatic rings. The summed E-state index contributed by atoms with van der Waals surface area (Å²) in [5.41, 5.74) is 12.4. The van der Waals surface area contributed by atoms with Gasteiger partial charge >= 0.3 is 0 Å². The van der Waals surface area contributed by atoms with Gasteiger partial charge in [-0.15, -0.1) is 22.7 Å². The molecular formula is C56H33N3S2. The normalized spacial score (nSPS) is 11.9. The highest BCUT2D eigenvalue weighted by molar-refractivity contribution is 7.26. The molecule has 3 nitrogen and oxygen atoms in total. The lowest BCUT2D eigenvalue weighted by Crippen LogP contribution is -1.95. The van der Waals surface area contributed by atoms with E-state index in [4.69, 9.17) is 9.97 Å². The molecule has 0 saturated carbocycles. The lowest BCUT2D eigenvalue weighted by atomic mass is 10.00. The van der Waals surface area contributed by atoms with Crippen molar-refractivity contribution in [1.82, 2.24) is 14.5 Å². The molecule has 4 heterocycles. The number of hydrogen-bond donors (Lipinski definition) is 0. The lowest BCUT2D eigenvalue weighted by molar-refractivity contribution is 1.21. The van der Waals surface area contributed by atoms with E-state index in [0.29, 0.717) is 0 Å². The number of nitrogens with zero attached hydrogens (tertiary/aromatic N) is 3. The Labute approximate surface area is 359 Å². The van der Waals surface area contributed by atoms with E-state index in [1.807, 2.05) is 11.3 Å². The van der Waals surface area contributed by atoms with Crippen LogP contribution in [-0.4, -0.2) is 14.5 Å². The summed E-state index contributed by atoms with van der Waals surface area (Å²) in [5, 5.41) is 8.76. The molecule has 0 radical (unpaired) electrons. The standard InChI is InChI=1S/C56H33N3S2/c1-2-13-34(14-3-1)36-16-10-18-39(31-36)52-55-53(45-22-7-9-25-48(45)61-55)58-56(57-52)40-19-11-17-37(32-40)38-28-30-44-50(33-38)60-49-26-12-24-47(51(44)49)59-46-23-8-6-21-42(46)43-29-27-35-15-4-5-20-41(35)54(43)59/h1-33H. The molecule has 0 fully saturated rings. The Morgan fingerprint density at radius 1 is 0.377 bits per heavy atom. The number of rotatable bonds is 5. The molecule has 4 aromatic heterocycles. The van der Waals surface area contributed by atoms with Crippen molar-refractivity contribution in [2.45, 2.75) is 0 Å². The molecule has 0 amide bonds. The molecule has 0 aliphatic heterocycles. The maximum atomic E-state index is 5.38. The average Bonchev–Trinajstić information content (AvgIpc) is 4.01. The van der Waals surface area contributed by atoms with Crippen LogP contribution < -0.4 is 0 Å². The summed E-state index contributed by atoms with van der Waals surface area (Å²) in [6.07, 6.45) is 0. The predicted octanol–water partition coefficient (Wildman–Crippen LogP) is 16.1. The number of aromatic nitrogens is 3. The topological polar surface area (TPSA) is 30.7 Å². The van der Waals surface area contributed by atoms with Crippen molar-refractivity contribution in [1.29, 1.82) is 0 Å². The van der Waals surface area contributed by atoms with Gasteiger partial charge in [0.15, 0.2) is 5.82 Å². The molecule has 61 heavy (non-hydrogen) atoms. The molecule has 0 unspecified atom stereocenters. The molecule has 284 valence electrons. The smallest absolute Gasteiger partial charge is 0.160 e. The molecule has 0 N–H and O–H groups in total. The number of fused-ring (bicyclic) bond motifs is 11. The van der Waals surface area contributed by atoms with Crippen LogP contribution in [0.4, 0.5) is 0 Å². The van der Waals surface area contributed by atoms with E-state index in [0.717, 1.165) is 43.8 Å². The van der Waals surface area contributed by atoms with Crippen molar-refractivity contribution in [2.24, 2.45) is 0 Å². The molecule has 9 aromatic carbocycles. The van der Waals surface area contributed by atoms with Crippen molar-refractivity contribution in [3.63, 3.8) is 0 Å². The van der Waals surface area contributed by atoms with Crippen molar-refractivity contribution in [2.75, 3.05) is 0 Å². The van der Waals surface area contributed by atoms with Gasteiger partial charge in [-0.1, -0.05) is 158 Å². The number of para-hydroxylation sites is 1. The lowest BCUT2D eigenvalue weighted by Gasteiger charge is -2.12. The van der Waals surface area contributed by atoms with Crippen LogP contribution in [0.1, 0.15) is 0 Å². The summed E-state index contributed by atoms with van der Waals surface area (Å²) in [4.78, 5) is 10.7. The average molecular weight is 812 g/mol. The minimum Gasteiger partial charge on any atom is -0.308 e. The van der Waals surface area contributed by atoms with Crippen LogP contribution in [0, 0.1) is 0 Å². The highest BCUT2D eigenvalue weighted by Crippen LogP contribution is 2.44. The molecule has 0 saturated heterocycles. The summed E-state index contributed by atoms with van der Waals surface area (Å²) in [5.74, 6) is 0.726. The first-order valence-electron chi connectivity index (χ1n) is 20.6. The molecule has 0 aliphatic carbocycles. The first-order chi connectivity index (χ1) is 30.2. The molecule has 0 atom stereocenters. The van der Waals surface area contributed by atoms with Gasteiger partial charge in [-0.25, -0.2) is 9.97 Å². The third kappa shape index (κ3) is 5.41. The third-order valence-electron chi connectivity index (χ3n) is 12.2. The maximum Gasteiger partial charge on any atom is 0.160 e. The highest BCUT2D eigenvalue weighted by atomic mass is 32.1. The summed E-state index contributed by atoms with van der Waals surface area (Å²) in [6.45, 7) is 0. The minimum absolute atomic E-state index is 0.726. The minimum atomic E-state index is 0.726. The molecular weight excluding hydrogens is 779 g/mol. The van der Waals surface area contributed by atoms with E-state index in [-0.39, 0.29) is 0 Å². The largest absolute Gasteiger partial charge is 0.308 e. The van der Waals surface area contributed by atoms with E-state index in [9.17, 15) is 0 Å². The SMILES string of the molecule is c1ccc(-c2cccc(-c3nc(-c4cccc(-c5ccc6c(c5)sc5cccc(-n7c8ccccc8c8ccc9ccccc9c87)c56)c4)nc4c3sc3ccccc34)c2)cc1. The van der Waals surface area contributed by atoms with Gasteiger partial charge < -0.3 is 4.57 Å². The van der Waals surface area contributed by atoms with Crippen LogP contribution in [0.3, 0.4) is 0 Å². The van der Waals surface area contributed by atoms with Gasteiger partial charge in [0.2, 0.25) is 0 Å². The summed E-state index contributed by atoms with van der Waals surface area (Å²) < 4.78 is 7.36. The fourth-order valence-corrected chi connectivity index (χ4v) is 11.7. The fourth-order valence-electron chi connectivity index (χ4n) is 9.38. The predicted molar refractivity (Wildman–Crippen MR) is 261 cm³/mol. The third-order valence-corrected chi connectivity index (χ3v) is 14.5. The summed E-state index contributed by atoms with van der Waals surface area (Å²) in [6, 6.07) is 72.5. The second-order valence-electron chi connectivity index (χ2n) is 15.7. The zero-order valence-corrected chi connectivity index (χ0v) is 34.3. The highest BCUT2D eigenvalue weighted by Gasteiger charge is 2.20. The van der Waals surface area contributed by atoms with Gasteiger partial charge in [0, 0.05) is 57.5 Å². The van der Waals surface area contributed by atoms with Crippen LogP contribution in [0.25, 0.3) is 124 Å². The van der Waals surface area contributed by atoms with Gasteiger partial charge in [-0.05, 0) is 70.1 Å². The fraction of sp³-hybridized carbons (Fsp3) is 0. The molecule has 0 aliphatic rings. The van der Waals surface area contributed by atoms with E-state index >= 15 is 0 Å². The molecule has 0 spiro atoms. The quantitative estimate of drug-likeness (QED) is 0.173. The van der Waals surface area contributed by atoms with Gasteiger partial charge in [0.05, 0.1) is 32.6 Å². The second-order valence-corrected chi connectivity index (χ2v) is 17.8. The Hall–Kier alpha value is -7.44. The van der Waals surface area contributed by atoms with E-state index in [1.54, 1.807) is 11.3 Å². The van der Waals surface area contributed by atoms with E-state index in [2.05, 4.69) is 205 Å². The summed E-state index contributed by atoms with van der Waals surface area (Å²) in [7, 11) is 0. The maximum absolute atomic E-state index is 5.38. The van der Waals surface area contributed by atoms with Crippen LogP contribution in [0.2, 0.25) is 0 Å². The molecule has 13 rings (SSSR count). The Bertz CT molecular complexity index is 3890. The van der Waals surface area contributed by atoms with Gasteiger partial charge in [-0.3, -0.25) is 0 Å². The van der Waals surface area contributed by atoms with Crippen molar-refractivity contribution in [3.05, 3.63) is 200 Å². The number of benzene rings is 9. The molecule has 0 bridgehead atoms. The second kappa shape index (κ2) is 13.5. The van der Waals surface area contributed by atoms with Crippen molar-refractivity contribution in [3.8, 4) is 50.6 Å². The number of thiophene rings is 2. The Morgan fingerprint density at radius 2 is 1.03 bits per heavy atom. The molecule has 5 heteroatoms. The van der Waals surface area contributed by atoms with E-state index < -0.39 is 0 Å². The van der Waals surface area contributed by atoms with Gasteiger partial charge in [-0.2, -0.15) is 0 Å². The zero-order valence-electron chi connectivity index (χ0n) is 32.7. The van der Waals surface area contributed by atoms with Gasteiger partial charge in [0.25, 0.3) is 0 Å². The van der Waals surface area contributed by atoms with Crippen LogP contribution in [0.15, 0.2) is 200 Å². The Kier molecular flexibility index (Phi) is 7.65. The van der Waals surface area contributed by atoms with E-state index in [1.165, 1.54) is 79.8 Å². The first-order valence-corrected chi connectivity index (χ1v) is 22.2. The monoisotopic (exact) mass is 811 g/mol. The van der Waals surface area contributed by atoms with Crippen LogP contribution in [0.5, 0.6) is 0 Å². The first kappa shape index (κ1) is 34.4. The Balaban J connectivity index is 0.957. The van der Waals surface area contributed by atoms with Crippen LogP contribution >= 0.6 is 22.7 Å².